The van der Waals surface area contributed by atoms with E-state index in [9.17, 15) is 8.42 Å². The van der Waals surface area contributed by atoms with Gasteiger partial charge in [-0.05, 0) is 68.7 Å². The third-order valence-corrected chi connectivity index (χ3v) is 8.95. The Morgan fingerprint density at radius 1 is 0.857 bits per heavy atom. The Kier molecular flexibility index (Phi) is 5.57. The van der Waals surface area contributed by atoms with Gasteiger partial charge in [0.1, 0.15) is 0 Å². The minimum absolute atomic E-state index is 0.155. The van der Waals surface area contributed by atoms with Crippen LogP contribution in [0.25, 0.3) is 16.5 Å². The number of benzene rings is 4. The Hall–Kier alpha value is -3.24. The van der Waals surface area contributed by atoms with Crippen LogP contribution in [0.2, 0.25) is 5.02 Å². The van der Waals surface area contributed by atoms with Crippen molar-refractivity contribution in [3.63, 3.8) is 0 Å². The molecule has 1 aliphatic carbocycles. The lowest BCUT2D eigenvalue weighted by atomic mass is 10.1. The zero-order valence-corrected chi connectivity index (χ0v) is 20.5. The third kappa shape index (κ3) is 4.00. The topological polar surface area (TPSA) is 89.8 Å². The molecule has 174 valence electrons. The van der Waals surface area contributed by atoms with Gasteiger partial charge in [0.2, 0.25) is 15.2 Å². The second kappa shape index (κ2) is 8.76. The number of hydrogen-bond donors (Lipinski definition) is 1. The summed E-state index contributed by atoms with van der Waals surface area (Å²) >= 11 is 7.41. The molecule has 6 rings (SSSR count). The molecule has 5 aromatic rings. The third-order valence-electron chi connectivity index (χ3n) is 5.99. The molecular formula is C25H18ClN5O2S2. The summed E-state index contributed by atoms with van der Waals surface area (Å²) in [6.07, 6.45) is 0. The van der Waals surface area contributed by atoms with E-state index in [4.69, 9.17) is 11.6 Å². The summed E-state index contributed by atoms with van der Waals surface area (Å²) < 4.78 is 31.4. The van der Waals surface area contributed by atoms with Gasteiger partial charge >= 0.3 is 0 Å². The highest BCUT2D eigenvalue weighted by molar-refractivity contribution is 7.99. The van der Waals surface area contributed by atoms with E-state index in [1.54, 1.807) is 16.8 Å². The molecule has 0 amide bonds. The van der Waals surface area contributed by atoms with Crippen LogP contribution in [0.15, 0.2) is 101 Å². The molecule has 0 saturated carbocycles. The fraction of sp³-hybridized carbons (Fsp3) is 0.0800. The van der Waals surface area contributed by atoms with Gasteiger partial charge in [0, 0.05) is 5.02 Å². The van der Waals surface area contributed by atoms with Gasteiger partial charge < -0.3 is 0 Å². The van der Waals surface area contributed by atoms with E-state index in [1.807, 2.05) is 66.7 Å². The maximum atomic E-state index is 13.4. The van der Waals surface area contributed by atoms with E-state index in [0.29, 0.717) is 10.2 Å². The standard InChI is InChI=1S/C25H18ClN5O2S2/c26-17-12-14-19(15-13-17)35(32,33)28-23-20-10-4-6-16-7-5-11-21(22(16)20)24(23)34-25-27-29-30-31(25)18-8-2-1-3-9-18/h1-15,23-24,28H. The average molecular weight is 520 g/mol. The molecule has 10 heteroatoms. The van der Waals surface area contributed by atoms with E-state index in [-0.39, 0.29) is 10.1 Å². The number of tetrazole rings is 1. The van der Waals surface area contributed by atoms with Crippen molar-refractivity contribution < 1.29 is 8.42 Å². The van der Waals surface area contributed by atoms with Crippen LogP contribution in [-0.2, 0) is 10.0 Å². The van der Waals surface area contributed by atoms with Gasteiger partial charge in [-0.3, -0.25) is 0 Å². The summed E-state index contributed by atoms with van der Waals surface area (Å²) in [7, 11) is -3.83. The fourth-order valence-corrected chi connectivity index (χ4v) is 7.11. The average Bonchev–Trinajstić information content (AvgIpc) is 3.45. The SMILES string of the molecule is O=S(=O)(NC1c2cccc3cccc(c23)C1Sc1nnnn1-c1ccccc1)c1ccc(Cl)cc1. The lowest BCUT2D eigenvalue weighted by Crippen LogP contribution is -2.30. The molecule has 2 unspecified atom stereocenters. The predicted octanol–water partition coefficient (Wildman–Crippen LogP) is 5.34. The zero-order valence-electron chi connectivity index (χ0n) is 18.1. The molecule has 1 aromatic heterocycles. The maximum absolute atomic E-state index is 13.4. The van der Waals surface area contributed by atoms with Gasteiger partial charge in [-0.15, -0.1) is 5.10 Å². The maximum Gasteiger partial charge on any atom is 0.241 e. The number of para-hydroxylation sites is 1. The smallest absolute Gasteiger partial charge is 0.207 e. The van der Waals surface area contributed by atoms with Crippen LogP contribution in [0.1, 0.15) is 22.4 Å². The molecule has 35 heavy (non-hydrogen) atoms. The highest BCUT2D eigenvalue weighted by Gasteiger charge is 2.39. The number of thioether (sulfide) groups is 1. The van der Waals surface area contributed by atoms with Crippen LogP contribution in [0.3, 0.4) is 0 Å². The molecular weight excluding hydrogens is 502 g/mol. The summed E-state index contributed by atoms with van der Waals surface area (Å²) in [5.41, 5.74) is 2.79. The molecule has 4 aromatic carbocycles. The molecule has 0 radical (unpaired) electrons. The number of aromatic nitrogens is 4. The summed E-state index contributed by atoms with van der Waals surface area (Å²) in [5, 5.41) is 15.2. The minimum atomic E-state index is -3.83. The second-order valence-corrected chi connectivity index (χ2v) is 11.4. The minimum Gasteiger partial charge on any atom is -0.207 e. The molecule has 1 N–H and O–H groups in total. The number of halogens is 1. The molecule has 2 atom stereocenters. The van der Waals surface area contributed by atoms with Crippen molar-refractivity contribution in [3.8, 4) is 5.69 Å². The Labute approximate surface area is 211 Å². The van der Waals surface area contributed by atoms with Crippen molar-refractivity contribution in [1.82, 2.24) is 24.9 Å². The number of rotatable bonds is 6. The van der Waals surface area contributed by atoms with Crippen molar-refractivity contribution in [1.29, 1.82) is 0 Å². The monoisotopic (exact) mass is 519 g/mol. The van der Waals surface area contributed by atoms with E-state index in [2.05, 4.69) is 20.2 Å². The van der Waals surface area contributed by atoms with Gasteiger partial charge in [0.05, 0.1) is 21.9 Å². The number of nitrogens with zero attached hydrogens (tertiary/aromatic N) is 4. The van der Waals surface area contributed by atoms with Gasteiger partial charge in [-0.2, -0.15) is 4.68 Å². The number of sulfonamides is 1. The first kappa shape index (κ1) is 22.2. The first-order valence-electron chi connectivity index (χ1n) is 10.8. The molecule has 0 fully saturated rings. The van der Waals surface area contributed by atoms with Crippen LogP contribution < -0.4 is 4.72 Å². The normalized spacial score (nSPS) is 17.2. The van der Waals surface area contributed by atoms with Crippen LogP contribution in [0, 0.1) is 0 Å². The van der Waals surface area contributed by atoms with Crippen molar-refractivity contribution in [3.05, 3.63) is 107 Å². The first-order chi connectivity index (χ1) is 17.0. The summed E-state index contributed by atoms with van der Waals surface area (Å²) in [6, 6.07) is 27.3. The van der Waals surface area contributed by atoms with Crippen molar-refractivity contribution in [2.75, 3.05) is 0 Å². The summed E-state index contributed by atoms with van der Waals surface area (Å²) in [6.45, 7) is 0. The lowest BCUT2D eigenvalue weighted by Gasteiger charge is -2.22. The molecule has 0 spiro atoms. The van der Waals surface area contributed by atoms with E-state index in [1.165, 1.54) is 23.9 Å². The second-order valence-electron chi connectivity index (χ2n) is 8.09. The number of nitrogens with one attached hydrogen (secondary N) is 1. The van der Waals surface area contributed by atoms with Crippen LogP contribution in [0.4, 0.5) is 0 Å². The quantitative estimate of drug-likeness (QED) is 0.326. The van der Waals surface area contributed by atoms with Gasteiger partial charge in [-0.1, -0.05) is 78.0 Å². The van der Waals surface area contributed by atoms with Gasteiger partial charge in [0.15, 0.2) is 0 Å². The molecule has 0 aliphatic heterocycles. The predicted molar refractivity (Wildman–Crippen MR) is 136 cm³/mol. The van der Waals surface area contributed by atoms with E-state index in [0.717, 1.165) is 27.6 Å². The molecule has 1 heterocycles. The Balaban J connectivity index is 1.43. The van der Waals surface area contributed by atoms with Crippen molar-refractivity contribution in [2.45, 2.75) is 21.3 Å². The van der Waals surface area contributed by atoms with Crippen LogP contribution in [-0.4, -0.2) is 28.6 Å². The lowest BCUT2D eigenvalue weighted by molar-refractivity contribution is 0.557. The summed E-state index contributed by atoms with van der Waals surface area (Å²) in [4.78, 5) is 0.155. The highest BCUT2D eigenvalue weighted by atomic mass is 35.5. The first-order valence-corrected chi connectivity index (χ1v) is 13.6. The molecule has 1 aliphatic rings. The number of hydrogen-bond acceptors (Lipinski definition) is 6. The van der Waals surface area contributed by atoms with Gasteiger partial charge in [-0.25, -0.2) is 13.1 Å². The van der Waals surface area contributed by atoms with E-state index >= 15 is 0 Å². The van der Waals surface area contributed by atoms with E-state index < -0.39 is 16.1 Å². The van der Waals surface area contributed by atoms with Crippen LogP contribution >= 0.6 is 23.4 Å². The molecule has 0 bridgehead atoms. The summed E-state index contributed by atoms with van der Waals surface area (Å²) in [5.74, 6) is 0. The highest BCUT2D eigenvalue weighted by Crippen LogP contribution is 2.53. The van der Waals surface area contributed by atoms with Gasteiger partial charge in [0.25, 0.3) is 0 Å². The zero-order chi connectivity index (χ0) is 24.0. The molecule has 7 nitrogen and oxygen atoms in total. The Morgan fingerprint density at radius 3 is 2.31 bits per heavy atom. The Bertz CT molecular complexity index is 1630. The largest absolute Gasteiger partial charge is 0.241 e. The van der Waals surface area contributed by atoms with Crippen molar-refractivity contribution >= 4 is 44.2 Å². The van der Waals surface area contributed by atoms with Crippen LogP contribution in [0.5, 0.6) is 0 Å². The molecule has 0 saturated heterocycles. The fourth-order valence-electron chi connectivity index (χ4n) is 4.44. The Morgan fingerprint density at radius 2 is 1.57 bits per heavy atom. The van der Waals surface area contributed by atoms with Crippen molar-refractivity contribution in [2.24, 2.45) is 0 Å².